The minimum atomic E-state index is -0.318. The molecule has 2 N–H and O–H groups in total. The minimum absolute atomic E-state index is 0.318. The van der Waals surface area contributed by atoms with Gasteiger partial charge in [-0.2, -0.15) is 0 Å². The van der Waals surface area contributed by atoms with E-state index in [0.29, 0.717) is 13.0 Å². The number of pyridine rings is 1. The number of aliphatic hydroxyl groups is 1. The Morgan fingerprint density at radius 2 is 2.33 bits per heavy atom. The molecule has 0 aliphatic rings. The molecule has 0 saturated heterocycles. The monoisotopic (exact) mass is 210 g/mol. The van der Waals surface area contributed by atoms with Gasteiger partial charge < -0.3 is 15.2 Å². The molecule has 0 aromatic carbocycles. The van der Waals surface area contributed by atoms with Crippen molar-refractivity contribution in [2.24, 2.45) is 0 Å². The van der Waals surface area contributed by atoms with Crippen LogP contribution in [0.3, 0.4) is 0 Å². The van der Waals surface area contributed by atoms with Crippen LogP contribution in [0.25, 0.3) is 0 Å². The average Bonchev–Trinajstić information content (AvgIpc) is 2.20. The molecule has 1 aromatic heterocycles. The van der Waals surface area contributed by atoms with E-state index in [1.807, 2.05) is 19.2 Å². The van der Waals surface area contributed by atoms with Gasteiger partial charge in [0.2, 0.25) is 0 Å². The average molecular weight is 210 g/mol. The molecule has 1 heterocycles. The molecule has 1 atom stereocenters. The number of hydrogen-bond donors (Lipinski definition) is 2. The summed E-state index contributed by atoms with van der Waals surface area (Å²) < 4.78 is 5.41. The highest BCUT2D eigenvalue weighted by Crippen LogP contribution is 2.09. The second-order valence-corrected chi connectivity index (χ2v) is 3.50. The Labute approximate surface area is 90.3 Å². The molecule has 0 aliphatic heterocycles. The smallest absolute Gasteiger partial charge is 0.137 e. The van der Waals surface area contributed by atoms with Gasteiger partial charge >= 0.3 is 0 Å². The first-order valence-electron chi connectivity index (χ1n) is 5.12. The maximum absolute atomic E-state index is 9.04. The summed E-state index contributed by atoms with van der Waals surface area (Å²) in [5, 5.41) is 12.1. The molecular formula is C11H18N2O2. The van der Waals surface area contributed by atoms with E-state index in [9.17, 15) is 0 Å². The molecule has 0 radical (unpaired) electrons. The largest absolute Gasteiger partial charge is 0.492 e. The van der Waals surface area contributed by atoms with Gasteiger partial charge in [-0.25, -0.2) is 0 Å². The highest BCUT2D eigenvalue weighted by molar-refractivity contribution is 5.19. The van der Waals surface area contributed by atoms with Crippen molar-refractivity contribution in [3.8, 4) is 5.75 Å². The number of aliphatic hydroxyl groups excluding tert-OH is 1. The highest BCUT2D eigenvalue weighted by Gasteiger charge is 1.98. The van der Waals surface area contributed by atoms with Crippen molar-refractivity contribution in [1.29, 1.82) is 0 Å². The third-order valence-corrected chi connectivity index (χ3v) is 1.96. The summed E-state index contributed by atoms with van der Waals surface area (Å²) >= 11 is 0. The molecule has 4 nitrogen and oxygen atoms in total. The maximum Gasteiger partial charge on any atom is 0.137 e. The van der Waals surface area contributed by atoms with Crippen LogP contribution < -0.4 is 10.1 Å². The topological polar surface area (TPSA) is 54.4 Å². The van der Waals surface area contributed by atoms with Crippen molar-refractivity contribution in [2.75, 3.05) is 13.7 Å². The Kier molecular flexibility index (Phi) is 5.07. The number of aromatic nitrogens is 1. The number of ether oxygens (including phenoxy) is 1. The minimum Gasteiger partial charge on any atom is -0.492 e. The fourth-order valence-corrected chi connectivity index (χ4v) is 1.13. The second-order valence-electron chi connectivity index (χ2n) is 3.50. The van der Waals surface area contributed by atoms with E-state index >= 15 is 0 Å². The fourth-order valence-electron chi connectivity index (χ4n) is 1.13. The predicted molar refractivity (Wildman–Crippen MR) is 58.8 cm³/mol. The SMILES string of the molecule is CNCc1ccc(OCCC(C)O)cn1. The molecule has 0 amide bonds. The zero-order valence-corrected chi connectivity index (χ0v) is 9.23. The molecule has 0 aliphatic carbocycles. The Hall–Kier alpha value is -1.13. The summed E-state index contributed by atoms with van der Waals surface area (Å²) in [6.45, 7) is 3.02. The van der Waals surface area contributed by atoms with Gasteiger partial charge in [-0.15, -0.1) is 0 Å². The maximum atomic E-state index is 9.04. The number of rotatable bonds is 6. The zero-order chi connectivity index (χ0) is 11.1. The second kappa shape index (κ2) is 6.37. The van der Waals surface area contributed by atoms with Crippen molar-refractivity contribution in [3.05, 3.63) is 24.0 Å². The van der Waals surface area contributed by atoms with Gasteiger partial charge in [-0.1, -0.05) is 0 Å². The Balaban J connectivity index is 2.36. The van der Waals surface area contributed by atoms with E-state index in [0.717, 1.165) is 18.0 Å². The molecule has 0 fully saturated rings. The van der Waals surface area contributed by atoms with E-state index in [2.05, 4.69) is 10.3 Å². The first-order chi connectivity index (χ1) is 7.22. The molecule has 0 saturated carbocycles. The zero-order valence-electron chi connectivity index (χ0n) is 9.23. The quantitative estimate of drug-likeness (QED) is 0.734. The number of hydrogen-bond acceptors (Lipinski definition) is 4. The summed E-state index contributed by atoms with van der Waals surface area (Å²) in [5.41, 5.74) is 0.986. The van der Waals surface area contributed by atoms with Gasteiger partial charge in [-0.05, 0) is 26.1 Å². The van der Waals surface area contributed by atoms with E-state index in [1.165, 1.54) is 0 Å². The van der Waals surface area contributed by atoms with Gasteiger partial charge in [0, 0.05) is 13.0 Å². The molecule has 15 heavy (non-hydrogen) atoms. The van der Waals surface area contributed by atoms with Gasteiger partial charge in [0.05, 0.1) is 24.6 Å². The fraction of sp³-hybridized carbons (Fsp3) is 0.545. The van der Waals surface area contributed by atoms with Gasteiger partial charge in [0.1, 0.15) is 5.75 Å². The van der Waals surface area contributed by atoms with Crippen LogP contribution in [0.1, 0.15) is 19.0 Å². The summed E-state index contributed by atoms with van der Waals surface area (Å²) in [5.74, 6) is 0.746. The third kappa shape index (κ3) is 4.76. The summed E-state index contributed by atoms with van der Waals surface area (Å²) in [6, 6.07) is 3.82. The van der Waals surface area contributed by atoms with Crippen molar-refractivity contribution in [2.45, 2.75) is 26.0 Å². The van der Waals surface area contributed by atoms with Crippen LogP contribution in [0.2, 0.25) is 0 Å². The molecular weight excluding hydrogens is 192 g/mol. The lowest BCUT2D eigenvalue weighted by Gasteiger charge is -2.07. The van der Waals surface area contributed by atoms with Crippen molar-refractivity contribution in [1.82, 2.24) is 10.3 Å². The van der Waals surface area contributed by atoms with Crippen molar-refractivity contribution < 1.29 is 9.84 Å². The van der Waals surface area contributed by atoms with Crippen LogP contribution in [0, 0.1) is 0 Å². The Morgan fingerprint density at radius 1 is 1.53 bits per heavy atom. The van der Waals surface area contributed by atoms with Crippen LogP contribution in [0.15, 0.2) is 18.3 Å². The molecule has 84 valence electrons. The standard InChI is InChI=1S/C11H18N2O2/c1-9(14)5-6-15-11-4-3-10(7-12-2)13-8-11/h3-4,8-9,12,14H,5-7H2,1-2H3. The number of nitrogens with one attached hydrogen (secondary N) is 1. The van der Waals surface area contributed by atoms with Crippen molar-refractivity contribution in [3.63, 3.8) is 0 Å². The van der Waals surface area contributed by atoms with Crippen LogP contribution in [-0.4, -0.2) is 29.8 Å². The number of nitrogens with zero attached hydrogens (tertiary/aromatic N) is 1. The molecule has 1 unspecified atom stereocenters. The van der Waals surface area contributed by atoms with E-state index in [4.69, 9.17) is 9.84 Å². The molecule has 0 spiro atoms. The summed E-state index contributed by atoms with van der Waals surface area (Å²) in [6.07, 6.45) is 2.02. The van der Waals surface area contributed by atoms with Crippen LogP contribution in [0.4, 0.5) is 0 Å². The predicted octanol–water partition coefficient (Wildman–Crippen LogP) is 0.951. The third-order valence-electron chi connectivity index (χ3n) is 1.96. The first-order valence-corrected chi connectivity index (χ1v) is 5.12. The lowest BCUT2D eigenvalue weighted by atomic mass is 10.3. The highest BCUT2D eigenvalue weighted by atomic mass is 16.5. The summed E-state index contributed by atoms with van der Waals surface area (Å²) in [4.78, 5) is 4.22. The van der Waals surface area contributed by atoms with Gasteiger partial charge in [0.15, 0.2) is 0 Å². The normalized spacial score (nSPS) is 12.5. The van der Waals surface area contributed by atoms with E-state index in [1.54, 1.807) is 13.1 Å². The lowest BCUT2D eigenvalue weighted by molar-refractivity contribution is 0.155. The molecule has 1 aromatic rings. The van der Waals surface area contributed by atoms with Crippen molar-refractivity contribution >= 4 is 0 Å². The molecule has 0 bridgehead atoms. The lowest BCUT2D eigenvalue weighted by Crippen LogP contribution is -2.08. The van der Waals surface area contributed by atoms with Crippen LogP contribution in [-0.2, 0) is 6.54 Å². The Morgan fingerprint density at radius 3 is 2.87 bits per heavy atom. The van der Waals surface area contributed by atoms with Gasteiger partial charge in [0.25, 0.3) is 0 Å². The van der Waals surface area contributed by atoms with Crippen LogP contribution >= 0.6 is 0 Å². The Bertz CT molecular complexity index is 272. The first kappa shape index (κ1) is 11.9. The van der Waals surface area contributed by atoms with Crippen LogP contribution in [0.5, 0.6) is 5.75 Å². The summed E-state index contributed by atoms with van der Waals surface area (Å²) in [7, 11) is 1.88. The van der Waals surface area contributed by atoms with Gasteiger partial charge in [-0.3, -0.25) is 4.98 Å². The molecule has 1 rings (SSSR count). The van der Waals surface area contributed by atoms with E-state index < -0.39 is 0 Å². The molecule has 4 heteroatoms. The van der Waals surface area contributed by atoms with E-state index in [-0.39, 0.29) is 6.10 Å².